The molecular weight excluding hydrogens is 443 g/mol. The molecule has 10 heteroatoms. The molecule has 2 aromatic carbocycles. The quantitative estimate of drug-likeness (QED) is 0.482. The third kappa shape index (κ3) is 5.12. The maximum absolute atomic E-state index is 13.1. The normalized spacial score (nSPS) is 15.5. The first kappa shape index (κ1) is 24.5. The molecule has 2 N–H and O–H groups in total. The molecule has 0 saturated carbocycles. The average molecular weight is 467 g/mol. The number of carboxylic acid groups (broad SMARTS) is 1. The van der Waals surface area contributed by atoms with Gasteiger partial charge >= 0.3 is 18.3 Å². The minimum absolute atomic E-state index is 0.176. The number of carbonyl (C=O) groups is 2. The summed E-state index contributed by atoms with van der Waals surface area (Å²) in [7, 11) is 0. The zero-order chi connectivity index (χ0) is 24.6. The lowest BCUT2D eigenvalue weighted by Gasteiger charge is -2.38. The largest absolute Gasteiger partial charge is 0.527 e. The lowest BCUT2D eigenvalue weighted by molar-refractivity contribution is -0.274. The van der Waals surface area contributed by atoms with Crippen molar-refractivity contribution in [1.29, 1.82) is 0 Å². The van der Waals surface area contributed by atoms with Crippen LogP contribution in [-0.2, 0) is 14.4 Å². The molecule has 178 valence electrons. The summed E-state index contributed by atoms with van der Waals surface area (Å²) in [6.07, 6.45) is -9.93. The Bertz CT molecular complexity index is 988. The Kier molecular flexibility index (Phi) is 6.71. The van der Waals surface area contributed by atoms with Gasteiger partial charge in [-0.3, -0.25) is 4.79 Å². The van der Waals surface area contributed by atoms with Crippen LogP contribution in [0.25, 0.3) is 11.1 Å². The van der Waals surface area contributed by atoms with Gasteiger partial charge in [0.05, 0.1) is 0 Å². The summed E-state index contributed by atoms with van der Waals surface area (Å²) in [5, 5.41) is 19.2. The Hall–Kier alpha value is -3.11. The van der Waals surface area contributed by atoms with Crippen molar-refractivity contribution in [3.05, 3.63) is 59.7 Å². The van der Waals surface area contributed by atoms with Gasteiger partial charge in [0.15, 0.2) is 12.1 Å². The molecule has 0 heterocycles. The van der Waals surface area contributed by atoms with Crippen molar-refractivity contribution >= 4 is 12.1 Å². The number of aliphatic carboxylic acids is 1. The minimum Gasteiger partial charge on any atom is -0.480 e. The van der Waals surface area contributed by atoms with Gasteiger partial charge in [-0.1, -0.05) is 48.5 Å². The highest BCUT2D eigenvalue weighted by atomic mass is 19.4. The molecule has 0 amide bonds. The predicted octanol–water partition coefficient (Wildman–Crippen LogP) is 4.34. The Morgan fingerprint density at radius 2 is 1.48 bits per heavy atom. The van der Waals surface area contributed by atoms with Gasteiger partial charge in [0.1, 0.15) is 6.61 Å². The number of hydrogen-bond acceptors (Lipinski definition) is 6. The van der Waals surface area contributed by atoms with Crippen molar-refractivity contribution in [3.8, 4) is 11.1 Å². The lowest BCUT2D eigenvalue weighted by Crippen LogP contribution is -2.60. The molecule has 0 unspecified atom stereocenters. The highest BCUT2D eigenvalue weighted by molar-refractivity contribution is 5.79. The van der Waals surface area contributed by atoms with E-state index in [1.54, 1.807) is 0 Å². The van der Waals surface area contributed by atoms with Crippen LogP contribution in [0.2, 0.25) is 0 Å². The second-order valence-corrected chi connectivity index (χ2v) is 8.65. The maximum atomic E-state index is 13.1. The van der Waals surface area contributed by atoms with Gasteiger partial charge in [-0.05, 0) is 43.0 Å². The van der Waals surface area contributed by atoms with E-state index in [1.165, 1.54) is 20.8 Å². The van der Waals surface area contributed by atoms with Crippen molar-refractivity contribution in [1.82, 2.24) is 5.06 Å². The van der Waals surface area contributed by atoms with Gasteiger partial charge in [0.25, 0.3) is 0 Å². The number of ether oxygens (including phenoxy) is 1. The zero-order valence-electron chi connectivity index (χ0n) is 18.2. The van der Waals surface area contributed by atoms with Crippen LogP contribution >= 0.6 is 0 Å². The number of halogens is 3. The second-order valence-electron chi connectivity index (χ2n) is 8.65. The maximum Gasteiger partial charge on any atom is 0.527 e. The Morgan fingerprint density at radius 3 is 1.91 bits per heavy atom. The molecule has 33 heavy (non-hydrogen) atoms. The first-order chi connectivity index (χ1) is 15.3. The molecule has 1 aliphatic rings. The number of nitrogens with zero attached hydrogens (tertiary/aromatic N) is 1. The van der Waals surface area contributed by atoms with Crippen molar-refractivity contribution in [2.75, 3.05) is 6.61 Å². The molecule has 2 atom stereocenters. The molecular formula is C23H24F3NO6. The van der Waals surface area contributed by atoms with Crippen molar-refractivity contribution in [2.45, 2.75) is 50.6 Å². The van der Waals surface area contributed by atoms with Crippen LogP contribution in [0.3, 0.4) is 0 Å². The van der Waals surface area contributed by atoms with Gasteiger partial charge in [-0.15, -0.1) is 5.06 Å². The predicted molar refractivity (Wildman–Crippen MR) is 111 cm³/mol. The van der Waals surface area contributed by atoms with Gasteiger partial charge in [0, 0.05) is 11.5 Å². The molecule has 0 aliphatic heterocycles. The van der Waals surface area contributed by atoms with E-state index in [9.17, 15) is 33.0 Å². The van der Waals surface area contributed by atoms with Crippen LogP contribution in [0.1, 0.15) is 37.8 Å². The molecule has 0 aromatic heterocycles. The van der Waals surface area contributed by atoms with Gasteiger partial charge in [0.2, 0.25) is 0 Å². The van der Waals surface area contributed by atoms with Crippen LogP contribution in [-0.4, -0.2) is 57.9 Å². The minimum atomic E-state index is -5.25. The van der Waals surface area contributed by atoms with E-state index in [0.717, 1.165) is 22.3 Å². The number of carbonyl (C=O) groups excluding carboxylic acids is 1. The van der Waals surface area contributed by atoms with Crippen LogP contribution in [0.4, 0.5) is 18.0 Å². The van der Waals surface area contributed by atoms with Crippen LogP contribution in [0.15, 0.2) is 48.5 Å². The van der Waals surface area contributed by atoms with E-state index < -0.39 is 36.0 Å². The number of hydrogen-bond donors (Lipinski definition) is 2. The van der Waals surface area contributed by atoms with Crippen molar-refractivity contribution in [3.63, 3.8) is 0 Å². The summed E-state index contributed by atoms with van der Waals surface area (Å²) in [4.78, 5) is 28.9. The first-order valence-electron chi connectivity index (χ1n) is 10.1. The van der Waals surface area contributed by atoms with E-state index >= 15 is 0 Å². The number of rotatable bonds is 6. The summed E-state index contributed by atoms with van der Waals surface area (Å²) in [6.45, 7) is 3.83. The fourth-order valence-electron chi connectivity index (χ4n) is 3.85. The number of hydroxylamine groups is 2. The summed E-state index contributed by atoms with van der Waals surface area (Å²) >= 11 is 0. The number of carboxylic acids is 1. The van der Waals surface area contributed by atoms with E-state index in [2.05, 4.69) is 0 Å². The van der Waals surface area contributed by atoms with Crippen LogP contribution in [0.5, 0.6) is 0 Å². The first-order valence-corrected chi connectivity index (χ1v) is 10.1. The molecule has 0 saturated heterocycles. The molecule has 3 rings (SSSR count). The molecule has 1 aliphatic carbocycles. The molecule has 0 bridgehead atoms. The van der Waals surface area contributed by atoms with Crippen LogP contribution < -0.4 is 0 Å². The zero-order valence-corrected chi connectivity index (χ0v) is 18.2. The SMILES string of the molecule is CC(C)(C)N(OC(=O)OCC1c2ccccc2-c2ccccc21)[C@@H](C(=O)O)[C@H](O)C(F)(F)F. The molecule has 7 nitrogen and oxygen atoms in total. The number of alkyl halides is 3. The van der Waals surface area contributed by atoms with E-state index in [1.807, 2.05) is 48.5 Å². The summed E-state index contributed by atoms with van der Waals surface area (Å²) in [5.74, 6) is -2.34. The third-order valence-corrected chi connectivity index (χ3v) is 5.30. The fraction of sp³-hybridized carbons (Fsp3) is 0.391. The summed E-state index contributed by atoms with van der Waals surface area (Å²) in [5.41, 5.74) is 2.38. The fourth-order valence-corrected chi connectivity index (χ4v) is 3.85. The van der Waals surface area contributed by atoms with E-state index in [0.29, 0.717) is 5.06 Å². The standard InChI is InChI=1S/C23H24F3NO6/c1-22(2,3)27(18(20(29)30)19(28)23(24,25)26)33-21(31)32-12-17-15-10-6-4-8-13(15)14-9-5-7-11-16(14)17/h4-11,17-19,28H,12H2,1-3H3,(H,29,30)/t18-,19+/m1/s1. The van der Waals surface area contributed by atoms with Crippen molar-refractivity contribution < 1.29 is 42.5 Å². The van der Waals surface area contributed by atoms with Gasteiger partial charge in [-0.2, -0.15) is 13.2 Å². The van der Waals surface area contributed by atoms with Gasteiger partial charge in [-0.25, -0.2) is 4.79 Å². The summed E-state index contributed by atoms with van der Waals surface area (Å²) < 4.78 is 44.4. The molecule has 0 fully saturated rings. The van der Waals surface area contributed by atoms with E-state index in [-0.39, 0.29) is 12.5 Å². The van der Waals surface area contributed by atoms with Crippen LogP contribution in [0, 0.1) is 0 Å². The Morgan fingerprint density at radius 1 is 1.00 bits per heavy atom. The van der Waals surface area contributed by atoms with Gasteiger partial charge < -0.3 is 19.8 Å². The van der Waals surface area contributed by atoms with Crippen molar-refractivity contribution in [2.24, 2.45) is 0 Å². The van der Waals surface area contributed by atoms with E-state index in [4.69, 9.17) is 9.57 Å². The number of aliphatic hydroxyl groups excluding tert-OH is 1. The average Bonchev–Trinajstić information content (AvgIpc) is 3.04. The second kappa shape index (κ2) is 9.03. The third-order valence-electron chi connectivity index (χ3n) is 5.30. The Labute approximate surface area is 188 Å². The Balaban J connectivity index is 1.79. The number of aliphatic hydroxyl groups is 1. The summed E-state index contributed by atoms with van der Waals surface area (Å²) in [6, 6.07) is 12.5. The molecule has 0 radical (unpaired) electrons. The lowest BCUT2D eigenvalue weighted by atomic mass is 9.98. The topological polar surface area (TPSA) is 96.3 Å². The number of fused-ring (bicyclic) bond motifs is 3. The molecule has 2 aromatic rings. The smallest absolute Gasteiger partial charge is 0.480 e. The highest BCUT2D eigenvalue weighted by Gasteiger charge is 2.53. The number of benzene rings is 2. The molecule has 0 spiro atoms. The highest BCUT2D eigenvalue weighted by Crippen LogP contribution is 2.44. The monoisotopic (exact) mass is 467 g/mol.